The van der Waals surface area contributed by atoms with Crippen LogP contribution in [0, 0.1) is 16.7 Å². The minimum Gasteiger partial charge on any atom is -0.461 e. The lowest BCUT2D eigenvalue weighted by molar-refractivity contribution is -0.181. The molecule has 1 aliphatic carbocycles. The second-order valence-electron chi connectivity index (χ2n) is 8.79. The zero-order valence-electron chi connectivity index (χ0n) is 17.0. The highest BCUT2D eigenvalue weighted by atomic mass is 16.6. The van der Waals surface area contributed by atoms with Crippen LogP contribution in [0.25, 0.3) is 0 Å². The Morgan fingerprint density at radius 2 is 1.84 bits per heavy atom. The maximum absolute atomic E-state index is 12.2. The molecule has 0 radical (unpaired) electrons. The van der Waals surface area contributed by atoms with Gasteiger partial charge in [0.1, 0.15) is 12.4 Å². The summed E-state index contributed by atoms with van der Waals surface area (Å²) in [6.45, 7) is 13.0. The average molecular weight is 357 g/mol. The minimum absolute atomic E-state index is 0.0812. The van der Waals surface area contributed by atoms with Crippen molar-refractivity contribution in [3.8, 4) is 0 Å². The van der Waals surface area contributed by atoms with Gasteiger partial charge in [-0.05, 0) is 58.3 Å². The summed E-state index contributed by atoms with van der Waals surface area (Å²) in [6.07, 6.45) is 4.62. The summed E-state index contributed by atoms with van der Waals surface area (Å²) < 4.78 is 11.1. The van der Waals surface area contributed by atoms with Crippen LogP contribution < -0.4 is 0 Å². The van der Waals surface area contributed by atoms with Crippen LogP contribution in [0.4, 0.5) is 0 Å². The van der Waals surface area contributed by atoms with E-state index in [1.165, 1.54) is 20.3 Å². The summed E-state index contributed by atoms with van der Waals surface area (Å²) in [6, 6.07) is 0. The zero-order chi connectivity index (χ0) is 19.5. The van der Waals surface area contributed by atoms with Gasteiger partial charge in [-0.1, -0.05) is 27.2 Å². The molecule has 0 aliphatic heterocycles. The lowest BCUT2D eigenvalue weighted by atomic mass is 9.67. The highest BCUT2D eigenvalue weighted by molar-refractivity contribution is 5.92. The monoisotopic (exact) mass is 356 g/mol. The van der Waals surface area contributed by atoms with Gasteiger partial charge in [-0.15, -0.1) is 0 Å². The first-order chi connectivity index (χ1) is 11.3. The first kappa shape index (κ1) is 22.1. The van der Waals surface area contributed by atoms with Gasteiger partial charge in [-0.3, -0.25) is 4.79 Å². The number of esters is 1. The summed E-state index contributed by atoms with van der Waals surface area (Å²) >= 11 is 0. The highest BCUT2D eigenvalue weighted by Crippen LogP contribution is 2.42. The van der Waals surface area contributed by atoms with Gasteiger partial charge in [0, 0.05) is 0 Å². The molecule has 1 rings (SSSR count). The lowest BCUT2D eigenvalue weighted by Gasteiger charge is -2.41. The van der Waals surface area contributed by atoms with E-state index in [0.717, 1.165) is 19.3 Å². The van der Waals surface area contributed by atoms with Crippen molar-refractivity contribution in [3.05, 3.63) is 0 Å². The van der Waals surface area contributed by atoms with Gasteiger partial charge in [0.05, 0.1) is 18.1 Å². The molecule has 3 atom stereocenters. The Morgan fingerprint density at radius 1 is 1.24 bits per heavy atom. The number of carbonyl (C=O) groups is 2. The SMILES string of the molecule is CC(=O)C(C)(C)C(C)(O)C(=O)OCCOC1CCCC(C)(C(C)C)C1. The van der Waals surface area contributed by atoms with Crippen LogP contribution in [-0.2, 0) is 19.1 Å². The number of hydrogen-bond donors (Lipinski definition) is 1. The normalized spacial score (nSPS) is 27.0. The number of ketones is 1. The fourth-order valence-electron chi connectivity index (χ4n) is 3.21. The Balaban J connectivity index is 2.45. The van der Waals surface area contributed by atoms with E-state index >= 15 is 0 Å². The van der Waals surface area contributed by atoms with Crippen LogP contribution in [0.2, 0.25) is 0 Å². The van der Waals surface area contributed by atoms with Crippen molar-refractivity contribution in [2.45, 2.75) is 85.9 Å². The smallest absolute Gasteiger partial charge is 0.338 e. The van der Waals surface area contributed by atoms with Crippen molar-refractivity contribution in [2.24, 2.45) is 16.7 Å². The summed E-state index contributed by atoms with van der Waals surface area (Å²) in [4.78, 5) is 23.9. The maximum atomic E-state index is 12.2. The Kier molecular flexibility index (Phi) is 7.22. The Hall–Kier alpha value is -0.940. The van der Waals surface area contributed by atoms with Crippen molar-refractivity contribution < 1.29 is 24.2 Å². The Labute approximate surface area is 152 Å². The summed E-state index contributed by atoms with van der Waals surface area (Å²) in [5.41, 5.74) is -2.76. The molecule has 5 nitrogen and oxygen atoms in total. The van der Waals surface area contributed by atoms with E-state index in [2.05, 4.69) is 20.8 Å². The maximum Gasteiger partial charge on any atom is 0.338 e. The van der Waals surface area contributed by atoms with Crippen molar-refractivity contribution in [2.75, 3.05) is 13.2 Å². The fourth-order valence-corrected chi connectivity index (χ4v) is 3.21. The molecule has 1 N–H and O–H groups in total. The lowest BCUT2D eigenvalue weighted by Crippen LogP contribution is -2.53. The van der Waals surface area contributed by atoms with Crippen molar-refractivity contribution >= 4 is 11.8 Å². The van der Waals surface area contributed by atoms with Crippen LogP contribution in [0.15, 0.2) is 0 Å². The standard InChI is InChI=1S/C20H36O5/c1-14(2)19(6)10-8-9-16(13-19)24-11-12-25-17(22)20(7,23)18(4,5)15(3)21/h14,16,23H,8-13H2,1-7H3. The molecule has 0 heterocycles. The molecule has 0 amide bonds. The molecule has 1 fully saturated rings. The first-order valence-electron chi connectivity index (χ1n) is 9.37. The number of carbonyl (C=O) groups excluding carboxylic acids is 2. The van der Waals surface area contributed by atoms with E-state index < -0.39 is 17.0 Å². The fraction of sp³-hybridized carbons (Fsp3) is 0.900. The van der Waals surface area contributed by atoms with E-state index in [-0.39, 0.29) is 18.5 Å². The van der Waals surface area contributed by atoms with E-state index in [9.17, 15) is 14.7 Å². The number of Topliss-reactive ketones (excluding diaryl/α,β-unsaturated/α-hetero) is 1. The number of hydrogen-bond acceptors (Lipinski definition) is 5. The largest absolute Gasteiger partial charge is 0.461 e. The van der Waals surface area contributed by atoms with Gasteiger partial charge in [-0.2, -0.15) is 0 Å². The Morgan fingerprint density at radius 3 is 2.36 bits per heavy atom. The molecular weight excluding hydrogens is 320 g/mol. The molecule has 0 bridgehead atoms. The molecule has 0 aromatic rings. The molecular formula is C20H36O5. The zero-order valence-corrected chi connectivity index (χ0v) is 17.0. The first-order valence-corrected chi connectivity index (χ1v) is 9.37. The van der Waals surface area contributed by atoms with Gasteiger partial charge in [0.2, 0.25) is 0 Å². The third-order valence-electron chi connectivity index (χ3n) is 6.53. The topological polar surface area (TPSA) is 72.8 Å². The quantitative estimate of drug-likeness (QED) is 0.532. The molecule has 146 valence electrons. The van der Waals surface area contributed by atoms with Gasteiger partial charge < -0.3 is 14.6 Å². The minimum atomic E-state index is -1.86. The van der Waals surface area contributed by atoms with Crippen LogP contribution in [-0.4, -0.2) is 41.8 Å². The van der Waals surface area contributed by atoms with Gasteiger partial charge in [0.25, 0.3) is 0 Å². The molecule has 5 heteroatoms. The molecule has 1 saturated carbocycles. The van der Waals surface area contributed by atoms with E-state index in [1.54, 1.807) is 13.8 Å². The van der Waals surface area contributed by atoms with E-state index in [4.69, 9.17) is 9.47 Å². The predicted molar refractivity (Wildman–Crippen MR) is 97.2 cm³/mol. The van der Waals surface area contributed by atoms with Crippen LogP contribution >= 0.6 is 0 Å². The van der Waals surface area contributed by atoms with Crippen LogP contribution in [0.5, 0.6) is 0 Å². The highest BCUT2D eigenvalue weighted by Gasteiger charge is 2.50. The summed E-state index contributed by atoms with van der Waals surface area (Å²) in [5.74, 6) is -0.437. The van der Waals surface area contributed by atoms with Crippen molar-refractivity contribution in [3.63, 3.8) is 0 Å². The van der Waals surface area contributed by atoms with E-state index in [0.29, 0.717) is 17.9 Å². The molecule has 3 unspecified atom stereocenters. The number of ether oxygens (including phenoxy) is 2. The molecule has 0 saturated heterocycles. The van der Waals surface area contributed by atoms with Crippen molar-refractivity contribution in [1.82, 2.24) is 0 Å². The average Bonchev–Trinajstić information content (AvgIpc) is 2.50. The van der Waals surface area contributed by atoms with Gasteiger partial charge in [-0.25, -0.2) is 4.79 Å². The van der Waals surface area contributed by atoms with Crippen LogP contribution in [0.3, 0.4) is 0 Å². The van der Waals surface area contributed by atoms with E-state index in [1.807, 2.05) is 0 Å². The van der Waals surface area contributed by atoms with Crippen LogP contribution in [0.1, 0.15) is 74.1 Å². The molecule has 0 spiro atoms. The number of rotatable bonds is 8. The second kappa shape index (κ2) is 8.17. The van der Waals surface area contributed by atoms with Gasteiger partial charge in [0.15, 0.2) is 5.60 Å². The molecule has 0 aromatic heterocycles. The van der Waals surface area contributed by atoms with Gasteiger partial charge >= 0.3 is 5.97 Å². The molecule has 0 aromatic carbocycles. The number of aliphatic hydroxyl groups is 1. The Bertz CT molecular complexity index is 480. The molecule has 25 heavy (non-hydrogen) atoms. The third kappa shape index (κ3) is 5.04. The molecule has 1 aliphatic rings. The predicted octanol–water partition coefficient (Wildman–Crippen LogP) is 3.52. The summed E-state index contributed by atoms with van der Waals surface area (Å²) in [7, 11) is 0. The van der Waals surface area contributed by atoms with Crippen molar-refractivity contribution in [1.29, 1.82) is 0 Å². The third-order valence-corrected chi connectivity index (χ3v) is 6.53. The second-order valence-corrected chi connectivity index (χ2v) is 8.79. The summed E-state index contributed by atoms with van der Waals surface area (Å²) in [5, 5.41) is 10.4.